The maximum absolute atomic E-state index is 11.4. The van der Waals surface area contributed by atoms with Crippen molar-refractivity contribution >= 4 is 11.8 Å². The Morgan fingerprint density at radius 2 is 2.24 bits per heavy atom. The van der Waals surface area contributed by atoms with Gasteiger partial charge in [0.25, 0.3) is 0 Å². The molecule has 0 spiro atoms. The molecule has 0 aliphatic rings. The van der Waals surface area contributed by atoms with Crippen LogP contribution in [-0.4, -0.2) is 25.9 Å². The van der Waals surface area contributed by atoms with Crippen molar-refractivity contribution in [3.63, 3.8) is 0 Å². The normalized spacial score (nSPS) is 10.0. The van der Waals surface area contributed by atoms with Crippen LogP contribution in [0.5, 0.6) is 0 Å². The van der Waals surface area contributed by atoms with Crippen LogP contribution in [0.25, 0.3) is 0 Å². The molecule has 0 saturated heterocycles. The number of amides is 1. The number of carbonyl (C=O) groups is 1. The third-order valence-corrected chi connectivity index (χ3v) is 2.07. The molecule has 0 heterocycles. The van der Waals surface area contributed by atoms with Gasteiger partial charge in [0.1, 0.15) is 6.61 Å². The van der Waals surface area contributed by atoms with Gasteiger partial charge in [-0.25, -0.2) is 4.79 Å². The van der Waals surface area contributed by atoms with Gasteiger partial charge < -0.3 is 15.2 Å². The van der Waals surface area contributed by atoms with E-state index in [2.05, 4.69) is 5.32 Å². The number of anilines is 1. The van der Waals surface area contributed by atoms with Crippen molar-refractivity contribution in [3.8, 4) is 0 Å². The molecular weight excluding hydrogens is 220 g/mol. The first-order valence-corrected chi connectivity index (χ1v) is 5.56. The van der Waals surface area contributed by atoms with Crippen LogP contribution in [0.15, 0.2) is 24.3 Å². The monoisotopic (exact) mass is 238 g/mol. The van der Waals surface area contributed by atoms with E-state index in [4.69, 9.17) is 15.2 Å². The first-order chi connectivity index (χ1) is 8.26. The second-order valence-electron chi connectivity index (χ2n) is 3.36. The van der Waals surface area contributed by atoms with Crippen molar-refractivity contribution < 1.29 is 14.3 Å². The topological polar surface area (TPSA) is 73.6 Å². The van der Waals surface area contributed by atoms with E-state index < -0.39 is 6.09 Å². The molecule has 3 N–H and O–H groups in total. The summed E-state index contributed by atoms with van der Waals surface area (Å²) >= 11 is 0. The van der Waals surface area contributed by atoms with Gasteiger partial charge in [0.2, 0.25) is 0 Å². The SMILES string of the molecule is CCOCCOC(=O)Nc1cccc(CN)c1. The van der Waals surface area contributed by atoms with E-state index in [1.807, 2.05) is 25.1 Å². The van der Waals surface area contributed by atoms with Gasteiger partial charge in [0, 0.05) is 18.8 Å². The number of hydrogen-bond donors (Lipinski definition) is 2. The van der Waals surface area contributed by atoms with E-state index in [9.17, 15) is 4.79 Å². The molecule has 1 amide bonds. The minimum Gasteiger partial charge on any atom is -0.447 e. The number of rotatable bonds is 6. The summed E-state index contributed by atoms with van der Waals surface area (Å²) in [4.78, 5) is 11.4. The third-order valence-electron chi connectivity index (χ3n) is 2.07. The average Bonchev–Trinajstić information content (AvgIpc) is 2.35. The molecule has 17 heavy (non-hydrogen) atoms. The molecule has 0 atom stereocenters. The fourth-order valence-corrected chi connectivity index (χ4v) is 1.27. The molecule has 0 aliphatic heterocycles. The minimum atomic E-state index is -0.487. The fraction of sp³-hybridized carbons (Fsp3) is 0.417. The van der Waals surface area contributed by atoms with Gasteiger partial charge in [-0.3, -0.25) is 5.32 Å². The van der Waals surface area contributed by atoms with E-state index in [-0.39, 0.29) is 6.61 Å². The van der Waals surface area contributed by atoms with Crippen molar-refractivity contribution in [1.82, 2.24) is 0 Å². The molecule has 94 valence electrons. The molecule has 5 nitrogen and oxygen atoms in total. The summed E-state index contributed by atoms with van der Waals surface area (Å²) in [6.07, 6.45) is -0.487. The molecule has 0 unspecified atom stereocenters. The third kappa shape index (κ3) is 5.33. The zero-order chi connectivity index (χ0) is 12.5. The Kier molecular flexibility index (Phi) is 6.06. The standard InChI is InChI=1S/C12H18N2O3/c1-2-16-6-7-17-12(15)14-11-5-3-4-10(8-11)9-13/h3-5,8H,2,6-7,9,13H2,1H3,(H,14,15). The summed E-state index contributed by atoms with van der Waals surface area (Å²) in [5, 5.41) is 2.62. The summed E-state index contributed by atoms with van der Waals surface area (Å²) in [7, 11) is 0. The Labute approximate surface area is 101 Å². The number of hydrogen-bond acceptors (Lipinski definition) is 4. The highest BCUT2D eigenvalue weighted by molar-refractivity contribution is 5.84. The molecule has 0 radical (unpaired) electrons. The van der Waals surface area contributed by atoms with Crippen LogP contribution in [0.2, 0.25) is 0 Å². The number of carbonyl (C=O) groups excluding carboxylic acids is 1. The summed E-state index contributed by atoms with van der Waals surface area (Å²) in [5.74, 6) is 0. The Morgan fingerprint density at radius 3 is 2.94 bits per heavy atom. The van der Waals surface area contributed by atoms with Crippen LogP contribution in [-0.2, 0) is 16.0 Å². The van der Waals surface area contributed by atoms with Gasteiger partial charge in [-0.1, -0.05) is 12.1 Å². The summed E-state index contributed by atoms with van der Waals surface area (Å²) in [6.45, 7) is 3.60. The lowest BCUT2D eigenvalue weighted by Crippen LogP contribution is -2.16. The quantitative estimate of drug-likeness (QED) is 0.740. The van der Waals surface area contributed by atoms with Crippen molar-refractivity contribution in [3.05, 3.63) is 29.8 Å². The van der Waals surface area contributed by atoms with E-state index in [0.717, 1.165) is 5.56 Å². The van der Waals surface area contributed by atoms with Gasteiger partial charge in [-0.15, -0.1) is 0 Å². The summed E-state index contributed by atoms with van der Waals surface area (Å²) in [5.41, 5.74) is 7.13. The molecular formula is C12H18N2O3. The van der Waals surface area contributed by atoms with Crippen molar-refractivity contribution in [2.45, 2.75) is 13.5 Å². The van der Waals surface area contributed by atoms with Gasteiger partial charge in [0.05, 0.1) is 6.61 Å². The van der Waals surface area contributed by atoms with Crippen molar-refractivity contribution in [2.75, 3.05) is 25.1 Å². The molecule has 0 bridgehead atoms. The van der Waals surface area contributed by atoms with Gasteiger partial charge in [-0.05, 0) is 24.6 Å². The fourth-order valence-electron chi connectivity index (χ4n) is 1.27. The first kappa shape index (κ1) is 13.5. The predicted molar refractivity (Wildman–Crippen MR) is 65.8 cm³/mol. The molecule has 0 saturated carbocycles. The predicted octanol–water partition coefficient (Wildman–Crippen LogP) is 1.73. The molecule has 1 rings (SSSR count). The highest BCUT2D eigenvalue weighted by Crippen LogP contribution is 2.10. The highest BCUT2D eigenvalue weighted by Gasteiger charge is 2.02. The molecule has 0 aromatic heterocycles. The van der Waals surface area contributed by atoms with Gasteiger partial charge >= 0.3 is 6.09 Å². The summed E-state index contributed by atoms with van der Waals surface area (Å²) < 4.78 is 9.96. The molecule has 0 aliphatic carbocycles. The number of ether oxygens (including phenoxy) is 2. The van der Waals surface area contributed by atoms with Gasteiger partial charge in [0.15, 0.2) is 0 Å². The molecule has 1 aromatic carbocycles. The van der Waals surface area contributed by atoms with Crippen LogP contribution in [0.1, 0.15) is 12.5 Å². The van der Waals surface area contributed by atoms with E-state index in [1.54, 1.807) is 6.07 Å². The Hall–Kier alpha value is -1.59. The lowest BCUT2D eigenvalue weighted by molar-refractivity contribution is 0.0850. The Morgan fingerprint density at radius 1 is 1.41 bits per heavy atom. The number of nitrogens with two attached hydrogens (primary N) is 1. The minimum absolute atomic E-state index is 0.246. The smallest absolute Gasteiger partial charge is 0.411 e. The number of benzene rings is 1. The Bertz CT molecular complexity index is 355. The summed E-state index contributed by atoms with van der Waals surface area (Å²) in [6, 6.07) is 7.32. The number of nitrogens with one attached hydrogen (secondary N) is 1. The maximum atomic E-state index is 11.4. The van der Waals surface area contributed by atoms with Crippen LogP contribution < -0.4 is 11.1 Å². The van der Waals surface area contributed by atoms with Crippen LogP contribution >= 0.6 is 0 Å². The van der Waals surface area contributed by atoms with E-state index >= 15 is 0 Å². The van der Waals surface area contributed by atoms with Crippen molar-refractivity contribution in [1.29, 1.82) is 0 Å². The van der Waals surface area contributed by atoms with Crippen molar-refractivity contribution in [2.24, 2.45) is 5.73 Å². The second-order valence-corrected chi connectivity index (χ2v) is 3.36. The van der Waals surface area contributed by atoms with Gasteiger partial charge in [-0.2, -0.15) is 0 Å². The lowest BCUT2D eigenvalue weighted by Gasteiger charge is -2.07. The maximum Gasteiger partial charge on any atom is 0.411 e. The van der Waals surface area contributed by atoms with E-state index in [0.29, 0.717) is 25.4 Å². The molecule has 5 heteroatoms. The van der Waals surface area contributed by atoms with Crippen LogP contribution in [0, 0.1) is 0 Å². The highest BCUT2D eigenvalue weighted by atomic mass is 16.6. The largest absolute Gasteiger partial charge is 0.447 e. The average molecular weight is 238 g/mol. The molecule has 0 fully saturated rings. The van der Waals surface area contributed by atoms with Crippen LogP contribution in [0.4, 0.5) is 10.5 Å². The second kappa shape index (κ2) is 7.65. The lowest BCUT2D eigenvalue weighted by atomic mass is 10.2. The van der Waals surface area contributed by atoms with E-state index in [1.165, 1.54) is 0 Å². The Balaban J connectivity index is 2.34. The molecule has 1 aromatic rings. The zero-order valence-corrected chi connectivity index (χ0v) is 9.94. The first-order valence-electron chi connectivity index (χ1n) is 5.56. The van der Waals surface area contributed by atoms with Crippen LogP contribution in [0.3, 0.4) is 0 Å². The zero-order valence-electron chi connectivity index (χ0n) is 9.94.